The Morgan fingerprint density at radius 3 is 2.61 bits per heavy atom. The first kappa shape index (κ1) is 12.6. The van der Waals surface area contributed by atoms with Crippen molar-refractivity contribution in [2.24, 2.45) is 0 Å². The van der Waals surface area contributed by atoms with Crippen LogP contribution in [0.3, 0.4) is 0 Å². The second-order valence-electron chi connectivity index (χ2n) is 4.50. The van der Waals surface area contributed by atoms with Gasteiger partial charge in [0.15, 0.2) is 0 Å². The summed E-state index contributed by atoms with van der Waals surface area (Å²) in [4.78, 5) is 0. The molecule has 18 heavy (non-hydrogen) atoms. The lowest BCUT2D eigenvalue weighted by molar-refractivity contribution is 0.629. The number of nitrogens with one attached hydrogen (secondary N) is 1. The standard InChI is InChI=1S/C16H18FN/c1-13-9-10-15(17)16(12-13)18-11-5-8-14-6-3-2-4-7-14/h2-4,6-7,9-10,12,18H,5,8,11H2,1H3. The molecule has 2 aromatic rings. The molecule has 0 aliphatic heterocycles. The van der Waals surface area contributed by atoms with Crippen LogP contribution in [0, 0.1) is 12.7 Å². The summed E-state index contributed by atoms with van der Waals surface area (Å²) in [6.07, 6.45) is 2.01. The third-order valence-corrected chi connectivity index (χ3v) is 2.92. The first-order valence-corrected chi connectivity index (χ1v) is 6.29. The third-order valence-electron chi connectivity index (χ3n) is 2.92. The van der Waals surface area contributed by atoms with Crippen molar-refractivity contribution in [2.45, 2.75) is 19.8 Å². The summed E-state index contributed by atoms with van der Waals surface area (Å²) in [6, 6.07) is 15.5. The lowest BCUT2D eigenvalue weighted by atomic mass is 10.1. The minimum atomic E-state index is -0.180. The van der Waals surface area contributed by atoms with Gasteiger partial charge < -0.3 is 5.32 Å². The predicted molar refractivity (Wildman–Crippen MR) is 74.4 cm³/mol. The van der Waals surface area contributed by atoms with Crippen molar-refractivity contribution in [1.82, 2.24) is 0 Å². The molecule has 0 saturated carbocycles. The molecule has 0 bridgehead atoms. The fraction of sp³-hybridized carbons (Fsp3) is 0.250. The van der Waals surface area contributed by atoms with Gasteiger partial charge in [0.1, 0.15) is 5.82 Å². The van der Waals surface area contributed by atoms with E-state index in [1.54, 1.807) is 6.07 Å². The molecule has 2 heteroatoms. The highest BCUT2D eigenvalue weighted by Gasteiger charge is 2.00. The molecule has 0 aromatic heterocycles. The third kappa shape index (κ3) is 3.59. The van der Waals surface area contributed by atoms with Gasteiger partial charge in [0.05, 0.1) is 5.69 Å². The molecule has 0 fully saturated rings. The minimum Gasteiger partial charge on any atom is -0.383 e. The Balaban J connectivity index is 1.80. The van der Waals surface area contributed by atoms with Gasteiger partial charge in [-0.1, -0.05) is 36.4 Å². The number of rotatable bonds is 5. The molecule has 0 atom stereocenters. The summed E-state index contributed by atoms with van der Waals surface area (Å²) in [7, 11) is 0. The Hall–Kier alpha value is -1.83. The van der Waals surface area contributed by atoms with E-state index in [1.165, 1.54) is 11.6 Å². The largest absolute Gasteiger partial charge is 0.383 e. The highest BCUT2D eigenvalue weighted by Crippen LogP contribution is 2.15. The second-order valence-corrected chi connectivity index (χ2v) is 4.50. The van der Waals surface area contributed by atoms with Crippen LogP contribution in [0.2, 0.25) is 0 Å². The van der Waals surface area contributed by atoms with Gasteiger partial charge in [-0.3, -0.25) is 0 Å². The zero-order chi connectivity index (χ0) is 12.8. The Morgan fingerprint density at radius 2 is 1.83 bits per heavy atom. The fourth-order valence-electron chi connectivity index (χ4n) is 1.93. The molecule has 1 N–H and O–H groups in total. The molecule has 2 rings (SSSR count). The number of anilines is 1. The number of hydrogen-bond donors (Lipinski definition) is 1. The van der Waals surface area contributed by atoms with E-state index in [4.69, 9.17) is 0 Å². The highest BCUT2D eigenvalue weighted by molar-refractivity contribution is 5.46. The van der Waals surface area contributed by atoms with Crippen LogP contribution in [0.5, 0.6) is 0 Å². The van der Waals surface area contributed by atoms with E-state index in [9.17, 15) is 4.39 Å². The van der Waals surface area contributed by atoms with Crippen LogP contribution in [0.15, 0.2) is 48.5 Å². The van der Waals surface area contributed by atoms with Crippen LogP contribution in [0.1, 0.15) is 17.5 Å². The van der Waals surface area contributed by atoms with Gasteiger partial charge in [0, 0.05) is 6.54 Å². The fourth-order valence-corrected chi connectivity index (χ4v) is 1.93. The van der Waals surface area contributed by atoms with Gasteiger partial charge in [-0.05, 0) is 43.0 Å². The van der Waals surface area contributed by atoms with Crippen molar-refractivity contribution < 1.29 is 4.39 Å². The molecule has 0 unspecified atom stereocenters. The zero-order valence-electron chi connectivity index (χ0n) is 10.6. The lowest BCUT2D eigenvalue weighted by Crippen LogP contribution is -2.04. The summed E-state index contributed by atoms with van der Waals surface area (Å²) in [5.41, 5.74) is 2.99. The summed E-state index contributed by atoms with van der Waals surface area (Å²) < 4.78 is 13.5. The van der Waals surface area contributed by atoms with Crippen molar-refractivity contribution in [2.75, 3.05) is 11.9 Å². The van der Waals surface area contributed by atoms with Gasteiger partial charge >= 0.3 is 0 Å². The Bertz CT molecular complexity index is 494. The van der Waals surface area contributed by atoms with E-state index < -0.39 is 0 Å². The van der Waals surface area contributed by atoms with Crippen LogP contribution in [-0.4, -0.2) is 6.54 Å². The first-order valence-electron chi connectivity index (χ1n) is 6.29. The number of halogens is 1. The van der Waals surface area contributed by atoms with E-state index in [1.807, 2.05) is 31.2 Å². The highest BCUT2D eigenvalue weighted by atomic mass is 19.1. The molecule has 0 spiro atoms. The van der Waals surface area contributed by atoms with Gasteiger partial charge in [-0.15, -0.1) is 0 Å². The van der Waals surface area contributed by atoms with Crippen LogP contribution in [0.4, 0.5) is 10.1 Å². The monoisotopic (exact) mass is 243 g/mol. The summed E-state index contributed by atoms with van der Waals surface area (Å²) >= 11 is 0. The molecule has 0 amide bonds. The maximum absolute atomic E-state index is 13.5. The minimum absolute atomic E-state index is 0.180. The molecule has 94 valence electrons. The van der Waals surface area contributed by atoms with Crippen molar-refractivity contribution in [1.29, 1.82) is 0 Å². The second kappa shape index (κ2) is 6.20. The number of hydrogen-bond acceptors (Lipinski definition) is 1. The Morgan fingerprint density at radius 1 is 1.06 bits per heavy atom. The van der Waals surface area contributed by atoms with E-state index >= 15 is 0 Å². The van der Waals surface area contributed by atoms with Crippen molar-refractivity contribution >= 4 is 5.69 Å². The smallest absolute Gasteiger partial charge is 0.146 e. The van der Waals surface area contributed by atoms with Gasteiger partial charge in [0.2, 0.25) is 0 Å². The summed E-state index contributed by atoms with van der Waals surface area (Å²) in [5, 5.41) is 3.15. The molecule has 0 aliphatic rings. The average Bonchev–Trinajstić information content (AvgIpc) is 2.40. The molecule has 0 heterocycles. The van der Waals surface area contributed by atoms with E-state index in [2.05, 4.69) is 17.4 Å². The van der Waals surface area contributed by atoms with Crippen molar-refractivity contribution in [3.05, 3.63) is 65.5 Å². The van der Waals surface area contributed by atoms with E-state index in [-0.39, 0.29) is 5.82 Å². The maximum Gasteiger partial charge on any atom is 0.146 e. The van der Waals surface area contributed by atoms with Crippen molar-refractivity contribution in [3.63, 3.8) is 0 Å². The molecule has 0 saturated heterocycles. The SMILES string of the molecule is Cc1ccc(F)c(NCCCc2ccccc2)c1. The normalized spacial score (nSPS) is 10.3. The molecule has 0 radical (unpaired) electrons. The van der Waals surface area contributed by atoms with Crippen molar-refractivity contribution in [3.8, 4) is 0 Å². The molecule has 1 nitrogen and oxygen atoms in total. The van der Waals surface area contributed by atoms with Crippen LogP contribution in [-0.2, 0) is 6.42 Å². The molecule has 0 aliphatic carbocycles. The molecular weight excluding hydrogens is 225 g/mol. The Labute approximate surface area is 108 Å². The maximum atomic E-state index is 13.5. The molecular formula is C16H18FN. The van der Waals surface area contributed by atoms with Gasteiger partial charge in [-0.25, -0.2) is 4.39 Å². The number of benzene rings is 2. The lowest BCUT2D eigenvalue weighted by Gasteiger charge is -2.08. The summed E-state index contributed by atoms with van der Waals surface area (Å²) in [6.45, 7) is 2.75. The average molecular weight is 243 g/mol. The first-order chi connectivity index (χ1) is 8.75. The van der Waals surface area contributed by atoms with E-state index in [0.29, 0.717) is 5.69 Å². The zero-order valence-corrected chi connectivity index (χ0v) is 10.6. The van der Waals surface area contributed by atoms with Gasteiger partial charge in [0.25, 0.3) is 0 Å². The predicted octanol–water partition coefficient (Wildman–Crippen LogP) is 4.18. The summed E-state index contributed by atoms with van der Waals surface area (Å²) in [5.74, 6) is -0.180. The van der Waals surface area contributed by atoms with Crippen LogP contribution in [0.25, 0.3) is 0 Å². The Kier molecular flexibility index (Phi) is 4.35. The molecule has 2 aromatic carbocycles. The topological polar surface area (TPSA) is 12.0 Å². The van der Waals surface area contributed by atoms with Gasteiger partial charge in [-0.2, -0.15) is 0 Å². The van der Waals surface area contributed by atoms with Crippen LogP contribution < -0.4 is 5.32 Å². The van der Waals surface area contributed by atoms with Crippen LogP contribution >= 0.6 is 0 Å². The quantitative estimate of drug-likeness (QED) is 0.777. The van der Waals surface area contributed by atoms with E-state index in [0.717, 1.165) is 24.9 Å². The number of aryl methyl sites for hydroxylation is 2.